The zero-order chi connectivity index (χ0) is 12.0. The van der Waals surface area contributed by atoms with Gasteiger partial charge in [0.05, 0.1) is 19.4 Å². The zero-order valence-electron chi connectivity index (χ0n) is 10.4. The van der Waals surface area contributed by atoms with Crippen LogP contribution in [0.4, 0.5) is 0 Å². The summed E-state index contributed by atoms with van der Waals surface area (Å²) in [5, 5.41) is 14.4. The third kappa shape index (κ3) is 2.98. The third-order valence-electron chi connectivity index (χ3n) is 2.65. The number of aromatic nitrogens is 2. The largest absolute Gasteiger partial charge is 0.493 e. The summed E-state index contributed by atoms with van der Waals surface area (Å²) in [5.41, 5.74) is 0.817. The molecule has 0 fully saturated rings. The number of hydrogen-bond acceptors (Lipinski definition) is 3. The Morgan fingerprint density at radius 2 is 2.19 bits per heavy atom. The molecule has 1 unspecified atom stereocenters. The maximum atomic E-state index is 10.1. The van der Waals surface area contributed by atoms with Crippen molar-refractivity contribution in [3.8, 4) is 5.75 Å². The molecule has 1 rings (SSSR count). The fourth-order valence-electron chi connectivity index (χ4n) is 1.80. The molecule has 0 aliphatic heterocycles. The Morgan fingerprint density at radius 3 is 2.75 bits per heavy atom. The molecule has 16 heavy (non-hydrogen) atoms. The maximum Gasteiger partial charge on any atom is 0.162 e. The van der Waals surface area contributed by atoms with Gasteiger partial charge in [0.25, 0.3) is 0 Å². The molecule has 0 amide bonds. The van der Waals surface area contributed by atoms with E-state index in [9.17, 15) is 5.11 Å². The normalized spacial score (nSPS) is 12.8. The van der Waals surface area contributed by atoms with Gasteiger partial charge < -0.3 is 9.84 Å². The van der Waals surface area contributed by atoms with Gasteiger partial charge in [-0.3, -0.25) is 4.68 Å². The Morgan fingerprint density at radius 1 is 1.44 bits per heavy atom. The Bertz CT molecular complexity index is 310. The molecule has 0 aliphatic rings. The van der Waals surface area contributed by atoms with E-state index in [1.165, 1.54) is 0 Å². The van der Waals surface area contributed by atoms with Crippen LogP contribution in [-0.4, -0.2) is 22.0 Å². The molecule has 0 saturated heterocycles. The number of unbranched alkanes of at least 4 members (excludes halogenated alkanes) is 1. The number of rotatable bonds is 7. The van der Waals surface area contributed by atoms with Crippen LogP contribution in [0.2, 0.25) is 0 Å². The van der Waals surface area contributed by atoms with Crippen molar-refractivity contribution in [2.75, 3.05) is 7.11 Å². The summed E-state index contributed by atoms with van der Waals surface area (Å²) < 4.78 is 7.08. The van der Waals surface area contributed by atoms with Crippen molar-refractivity contribution in [2.45, 2.75) is 52.2 Å². The number of methoxy groups -OCH3 is 1. The standard InChI is InChI=1S/C12H22N2O2/c1-4-6-7-10(15)12-11(16-3)9-13-14(12)8-5-2/h9-10,15H,4-8H2,1-3H3. The van der Waals surface area contributed by atoms with Crippen LogP contribution in [0.5, 0.6) is 5.75 Å². The smallest absolute Gasteiger partial charge is 0.162 e. The molecule has 1 N–H and O–H groups in total. The summed E-state index contributed by atoms with van der Waals surface area (Å²) >= 11 is 0. The van der Waals surface area contributed by atoms with Crippen molar-refractivity contribution in [2.24, 2.45) is 0 Å². The minimum absolute atomic E-state index is 0.469. The van der Waals surface area contributed by atoms with Crippen molar-refractivity contribution in [3.05, 3.63) is 11.9 Å². The highest BCUT2D eigenvalue weighted by atomic mass is 16.5. The summed E-state index contributed by atoms with van der Waals surface area (Å²) in [5.74, 6) is 0.692. The summed E-state index contributed by atoms with van der Waals surface area (Å²) in [6.45, 7) is 5.03. The first-order valence-electron chi connectivity index (χ1n) is 6.02. The predicted molar refractivity (Wildman–Crippen MR) is 63.6 cm³/mol. The average Bonchev–Trinajstić information content (AvgIpc) is 2.69. The van der Waals surface area contributed by atoms with Crippen LogP contribution < -0.4 is 4.74 Å². The average molecular weight is 226 g/mol. The Balaban J connectivity index is 2.84. The van der Waals surface area contributed by atoms with Gasteiger partial charge in [-0.25, -0.2) is 0 Å². The summed E-state index contributed by atoms with van der Waals surface area (Å²) in [6.07, 6.45) is 5.08. The molecule has 0 aliphatic carbocycles. The highest BCUT2D eigenvalue weighted by molar-refractivity contribution is 5.27. The lowest BCUT2D eigenvalue weighted by Gasteiger charge is -2.14. The number of nitrogens with zero attached hydrogens (tertiary/aromatic N) is 2. The zero-order valence-corrected chi connectivity index (χ0v) is 10.4. The van der Waals surface area contributed by atoms with Gasteiger partial charge in [-0.2, -0.15) is 5.10 Å². The minimum atomic E-state index is -0.469. The van der Waals surface area contributed by atoms with Crippen LogP contribution >= 0.6 is 0 Å². The van der Waals surface area contributed by atoms with E-state index >= 15 is 0 Å². The molecule has 1 atom stereocenters. The van der Waals surface area contributed by atoms with E-state index in [0.717, 1.165) is 37.9 Å². The fourth-order valence-corrected chi connectivity index (χ4v) is 1.80. The van der Waals surface area contributed by atoms with Gasteiger partial charge in [0.15, 0.2) is 5.75 Å². The van der Waals surface area contributed by atoms with Crippen LogP contribution in [-0.2, 0) is 6.54 Å². The quantitative estimate of drug-likeness (QED) is 0.777. The molecule has 0 spiro atoms. The molecule has 0 aromatic carbocycles. The first kappa shape index (κ1) is 13.0. The van der Waals surface area contributed by atoms with Gasteiger partial charge in [0.2, 0.25) is 0 Å². The van der Waals surface area contributed by atoms with Crippen molar-refractivity contribution >= 4 is 0 Å². The monoisotopic (exact) mass is 226 g/mol. The second-order valence-electron chi connectivity index (χ2n) is 3.98. The first-order valence-corrected chi connectivity index (χ1v) is 6.02. The lowest BCUT2D eigenvalue weighted by Crippen LogP contribution is -2.10. The third-order valence-corrected chi connectivity index (χ3v) is 2.65. The molecule has 1 heterocycles. The highest BCUT2D eigenvalue weighted by Crippen LogP contribution is 2.28. The lowest BCUT2D eigenvalue weighted by molar-refractivity contribution is 0.149. The number of aliphatic hydroxyl groups is 1. The summed E-state index contributed by atoms with van der Waals surface area (Å²) in [4.78, 5) is 0. The van der Waals surface area contributed by atoms with Crippen LogP contribution in [0, 0.1) is 0 Å². The highest BCUT2D eigenvalue weighted by Gasteiger charge is 2.18. The van der Waals surface area contributed by atoms with Crippen molar-refractivity contribution < 1.29 is 9.84 Å². The number of aliphatic hydroxyl groups excluding tert-OH is 1. The topological polar surface area (TPSA) is 47.3 Å². The van der Waals surface area contributed by atoms with Crippen molar-refractivity contribution in [3.63, 3.8) is 0 Å². The Hall–Kier alpha value is -1.03. The van der Waals surface area contributed by atoms with Crippen LogP contribution in [0.15, 0.2) is 6.20 Å². The molecular formula is C12H22N2O2. The van der Waals surface area contributed by atoms with Gasteiger partial charge in [-0.15, -0.1) is 0 Å². The molecule has 1 aromatic heterocycles. The summed E-state index contributed by atoms with van der Waals surface area (Å²) in [6, 6.07) is 0. The lowest BCUT2D eigenvalue weighted by atomic mass is 10.1. The molecule has 0 bridgehead atoms. The Labute approximate surface area is 97.2 Å². The maximum absolute atomic E-state index is 10.1. The summed E-state index contributed by atoms with van der Waals surface area (Å²) in [7, 11) is 1.61. The van der Waals surface area contributed by atoms with E-state index < -0.39 is 6.10 Å². The molecule has 1 aromatic rings. The molecule has 0 radical (unpaired) electrons. The molecule has 0 saturated carbocycles. The second kappa shape index (κ2) is 6.53. The minimum Gasteiger partial charge on any atom is -0.493 e. The van der Waals surface area contributed by atoms with E-state index in [0.29, 0.717) is 5.75 Å². The predicted octanol–water partition coefficient (Wildman–Crippen LogP) is 2.53. The van der Waals surface area contributed by atoms with Crippen molar-refractivity contribution in [1.82, 2.24) is 9.78 Å². The van der Waals surface area contributed by atoms with Crippen LogP contribution in [0.25, 0.3) is 0 Å². The molecule has 4 heteroatoms. The SMILES string of the molecule is CCCCC(O)c1c(OC)cnn1CCC. The van der Waals surface area contributed by atoms with Gasteiger partial charge in [0, 0.05) is 6.54 Å². The van der Waals surface area contributed by atoms with E-state index in [2.05, 4.69) is 18.9 Å². The van der Waals surface area contributed by atoms with Crippen LogP contribution in [0.1, 0.15) is 51.3 Å². The Kier molecular flexibility index (Phi) is 5.32. The van der Waals surface area contributed by atoms with Gasteiger partial charge in [-0.1, -0.05) is 26.7 Å². The van der Waals surface area contributed by atoms with E-state index in [-0.39, 0.29) is 0 Å². The van der Waals surface area contributed by atoms with Gasteiger partial charge in [-0.05, 0) is 12.8 Å². The first-order chi connectivity index (χ1) is 7.74. The van der Waals surface area contributed by atoms with E-state index in [1.54, 1.807) is 13.3 Å². The molecule has 92 valence electrons. The van der Waals surface area contributed by atoms with Gasteiger partial charge in [0.1, 0.15) is 5.69 Å². The molecular weight excluding hydrogens is 204 g/mol. The molecule has 4 nitrogen and oxygen atoms in total. The number of ether oxygens (including phenoxy) is 1. The van der Waals surface area contributed by atoms with Crippen LogP contribution in [0.3, 0.4) is 0 Å². The second-order valence-corrected chi connectivity index (χ2v) is 3.98. The van der Waals surface area contributed by atoms with Gasteiger partial charge >= 0.3 is 0 Å². The van der Waals surface area contributed by atoms with E-state index in [1.807, 2.05) is 4.68 Å². The number of hydrogen-bond donors (Lipinski definition) is 1. The fraction of sp³-hybridized carbons (Fsp3) is 0.750. The van der Waals surface area contributed by atoms with E-state index in [4.69, 9.17) is 4.74 Å². The van der Waals surface area contributed by atoms with Crippen molar-refractivity contribution in [1.29, 1.82) is 0 Å². The number of aryl methyl sites for hydroxylation is 1.